The van der Waals surface area contributed by atoms with Crippen LogP contribution in [0.25, 0.3) is 11.3 Å². The van der Waals surface area contributed by atoms with Crippen molar-refractivity contribution >= 4 is 17.9 Å². The third kappa shape index (κ3) is 7.26. The lowest BCUT2D eigenvalue weighted by atomic mass is 10.1. The molecule has 2 N–H and O–H groups in total. The molecule has 0 saturated heterocycles. The van der Waals surface area contributed by atoms with Gasteiger partial charge in [-0.3, -0.25) is 5.32 Å². The van der Waals surface area contributed by atoms with Crippen molar-refractivity contribution in [2.75, 3.05) is 19.0 Å². The first kappa shape index (κ1) is 25.7. The number of benzene rings is 2. The Bertz CT molecular complexity index is 1120. The van der Waals surface area contributed by atoms with E-state index in [0.717, 1.165) is 24.5 Å². The van der Waals surface area contributed by atoms with E-state index >= 15 is 0 Å². The van der Waals surface area contributed by atoms with Crippen molar-refractivity contribution in [3.05, 3.63) is 71.8 Å². The maximum Gasteiger partial charge on any atom is 0.412 e. The zero-order valence-electron chi connectivity index (χ0n) is 19.6. The molecule has 1 heterocycles. The van der Waals surface area contributed by atoms with Crippen molar-refractivity contribution < 1.29 is 27.6 Å². The fraction of sp³-hybridized carbons (Fsp3) is 0.320. The smallest absolute Gasteiger partial charge is 0.412 e. The number of aromatic nitrogens is 1. The Labute approximate surface area is 202 Å². The van der Waals surface area contributed by atoms with Crippen LogP contribution in [0.15, 0.2) is 59.1 Å². The summed E-state index contributed by atoms with van der Waals surface area (Å²) in [4.78, 5) is 26.3. The predicted molar refractivity (Wildman–Crippen MR) is 127 cm³/mol. The highest BCUT2D eigenvalue weighted by molar-refractivity contribution is 5.84. The molecule has 1 aromatic heterocycles. The average Bonchev–Trinajstić information content (AvgIpc) is 3.33. The minimum Gasteiger partial charge on any atom is -0.447 e. The first-order chi connectivity index (χ1) is 16.9. The number of carbonyl (C=O) groups is 2. The number of ether oxygens (including phenoxy) is 1. The summed E-state index contributed by atoms with van der Waals surface area (Å²) in [6.07, 6.45) is 1.53. The summed E-state index contributed by atoms with van der Waals surface area (Å²) < 4.78 is 37.8. The number of amides is 3. The van der Waals surface area contributed by atoms with E-state index in [1.807, 2.05) is 37.3 Å². The average molecular weight is 487 g/mol. The zero-order valence-corrected chi connectivity index (χ0v) is 19.6. The van der Waals surface area contributed by atoms with E-state index in [-0.39, 0.29) is 24.5 Å². The van der Waals surface area contributed by atoms with Gasteiger partial charge in [0.15, 0.2) is 23.2 Å². The summed E-state index contributed by atoms with van der Waals surface area (Å²) in [5, 5.41) is 8.90. The largest absolute Gasteiger partial charge is 0.447 e. The molecule has 0 aliphatic rings. The minimum atomic E-state index is -0.999. The minimum absolute atomic E-state index is 0.0370. The Morgan fingerprint density at radius 1 is 1.14 bits per heavy atom. The highest BCUT2D eigenvalue weighted by Gasteiger charge is 2.22. The van der Waals surface area contributed by atoms with Gasteiger partial charge in [-0.25, -0.2) is 18.4 Å². The molecule has 0 aliphatic heterocycles. The Kier molecular flexibility index (Phi) is 9.16. The second kappa shape index (κ2) is 12.5. The van der Waals surface area contributed by atoms with Gasteiger partial charge in [0.2, 0.25) is 0 Å². The van der Waals surface area contributed by atoms with E-state index in [1.165, 1.54) is 17.0 Å². The third-order valence-corrected chi connectivity index (χ3v) is 5.43. The molecule has 0 radical (unpaired) electrons. The molecule has 3 amide bonds. The highest BCUT2D eigenvalue weighted by Crippen LogP contribution is 2.22. The second-order valence-corrected chi connectivity index (χ2v) is 7.94. The highest BCUT2D eigenvalue weighted by atomic mass is 19.2. The van der Waals surface area contributed by atoms with Gasteiger partial charge in [0.1, 0.15) is 6.61 Å². The van der Waals surface area contributed by atoms with Gasteiger partial charge >= 0.3 is 12.1 Å². The van der Waals surface area contributed by atoms with Crippen molar-refractivity contribution in [2.24, 2.45) is 0 Å². The van der Waals surface area contributed by atoms with Crippen LogP contribution in [0.2, 0.25) is 0 Å². The number of nitrogens with one attached hydrogen (secondary N) is 2. The van der Waals surface area contributed by atoms with Gasteiger partial charge in [-0.15, -0.1) is 0 Å². The van der Waals surface area contributed by atoms with Crippen LogP contribution < -0.4 is 10.6 Å². The second-order valence-electron chi connectivity index (χ2n) is 7.94. The molecule has 2 aromatic carbocycles. The summed E-state index contributed by atoms with van der Waals surface area (Å²) in [7, 11) is 1.56. The number of rotatable bonds is 10. The van der Waals surface area contributed by atoms with E-state index in [0.29, 0.717) is 12.2 Å². The monoisotopic (exact) mass is 486 g/mol. The summed E-state index contributed by atoms with van der Waals surface area (Å²) in [5.41, 5.74) is 0.849. The molecule has 0 saturated carbocycles. The standard InChI is InChI=1S/C25H28F2N4O4/c1-3-4-12-19(31(2)24(32)28-15-18-11-8-13-20(26)23(18)27)16-34-25(33)29-22-14-21(35-30-22)17-9-6-5-7-10-17/h5-11,13-14,19H,3-4,12,15-16H2,1-2H3,(H,28,32)(H,29,30,33)/t19-/m0/s1. The number of nitrogens with zero attached hydrogens (tertiary/aromatic N) is 2. The molecule has 1 atom stereocenters. The van der Waals surface area contributed by atoms with Gasteiger partial charge in [-0.1, -0.05) is 67.4 Å². The van der Waals surface area contributed by atoms with Gasteiger partial charge in [-0.2, -0.15) is 0 Å². The van der Waals surface area contributed by atoms with Gasteiger partial charge in [0, 0.05) is 30.8 Å². The van der Waals surface area contributed by atoms with Crippen molar-refractivity contribution in [2.45, 2.75) is 38.8 Å². The van der Waals surface area contributed by atoms with Gasteiger partial charge < -0.3 is 19.5 Å². The number of carbonyl (C=O) groups excluding carboxylic acids is 2. The Morgan fingerprint density at radius 3 is 2.66 bits per heavy atom. The Balaban J connectivity index is 1.53. The van der Waals surface area contributed by atoms with Crippen LogP contribution in [-0.2, 0) is 11.3 Å². The van der Waals surface area contributed by atoms with Crippen molar-refractivity contribution in [1.82, 2.24) is 15.4 Å². The van der Waals surface area contributed by atoms with Crippen LogP contribution >= 0.6 is 0 Å². The topological polar surface area (TPSA) is 96.7 Å². The number of hydrogen-bond acceptors (Lipinski definition) is 5. The molecular formula is C25H28F2N4O4. The summed E-state index contributed by atoms with van der Waals surface area (Å²) in [6.45, 7) is 1.77. The maximum absolute atomic E-state index is 13.8. The SMILES string of the molecule is CCCC[C@@H](COC(=O)Nc1cc(-c2ccccc2)on1)N(C)C(=O)NCc1cccc(F)c1F. The molecule has 3 aromatic rings. The van der Waals surface area contributed by atoms with E-state index < -0.39 is 29.8 Å². The zero-order chi connectivity index (χ0) is 25.2. The van der Waals surface area contributed by atoms with Crippen molar-refractivity contribution in [1.29, 1.82) is 0 Å². The molecule has 0 unspecified atom stereocenters. The quantitative estimate of drug-likeness (QED) is 0.391. The number of halogens is 2. The molecule has 3 rings (SSSR count). The van der Waals surface area contributed by atoms with Gasteiger partial charge in [-0.05, 0) is 12.5 Å². The summed E-state index contributed by atoms with van der Waals surface area (Å²) in [6, 6.07) is 13.7. The molecular weight excluding hydrogens is 458 g/mol. The number of urea groups is 1. The van der Waals surface area contributed by atoms with Crippen LogP contribution in [0.3, 0.4) is 0 Å². The maximum atomic E-state index is 13.8. The normalized spacial score (nSPS) is 11.5. The molecule has 0 fully saturated rings. The van der Waals surface area contributed by atoms with Crippen LogP contribution in [0.4, 0.5) is 24.2 Å². The first-order valence-electron chi connectivity index (χ1n) is 11.3. The number of likely N-dealkylation sites (N-methyl/N-ethyl adjacent to an activating group) is 1. The number of hydrogen-bond donors (Lipinski definition) is 2. The van der Waals surface area contributed by atoms with E-state index in [4.69, 9.17) is 9.26 Å². The van der Waals surface area contributed by atoms with Crippen molar-refractivity contribution in [3.8, 4) is 11.3 Å². The van der Waals surface area contributed by atoms with Crippen LogP contribution in [0, 0.1) is 11.6 Å². The molecule has 8 nitrogen and oxygen atoms in total. The van der Waals surface area contributed by atoms with E-state index in [2.05, 4.69) is 15.8 Å². The number of anilines is 1. The Hall–Kier alpha value is -3.95. The molecule has 0 bridgehead atoms. The van der Waals surface area contributed by atoms with Crippen LogP contribution in [0.5, 0.6) is 0 Å². The van der Waals surface area contributed by atoms with Gasteiger partial charge in [0.25, 0.3) is 0 Å². The molecule has 186 valence electrons. The van der Waals surface area contributed by atoms with E-state index in [1.54, 1.807) is 13.1 Å². The lowest BCUT2D eigenvalue weighted by Crippen LogP contribution is -2.46. The summed E-state index contributed by atoms with van der Waals surface area (Å²) >= 11 is 0. The lowest BCUT2D eigenvalue weighted by molar-refractivity contribution is 0.113. The molecule has 35 heavy (non-hydrogen) atoms. The van der Waals surface area contributed by atoms with Crippen molar-refractivity contribution in [3.63, 3.8) is 0 Å². The fourth-order valence-electron chi connectivity index (χ4n) is 3.36. The van der Waals surface area contributed by atoms with E-state index in [9.17, 15) is 18.4 Å². The number of unbranched alkanes of at least 4 members (excludes halogenated alkanes) is 1. The first-order valence-corrected chi connectivity index (χ1v) is 11.3. The molecule has 0 aliphatic carbocycles. The predicted octanol–water partition coefficient (Wildman–Crippen LogP) is 5.57. The third-order valence-electron chi connectivity index (χ3n) is 5.43. The fourth-order valence-corrected chi connectivity index (χ4v) is 3.36. The summed E-state index contributed by atoms with van der Waals surface area (Å²) in [5.74, 6) is -1.29. The lowest BCUT2D eigenvalue weighted by Gasteiger charge is -2.28. The van der Waals surface area contributed by atoms with Crippen LogP contribution in [0.1, 0.15) is 31.7 Å². The molecule has 10 heteroatoms. The van der Waals surface area contributed by atoms with Gasteiger partial charge in [0.05, 0.1) is 6.04 Å². The Morgan fingerprint density at radius 2 is 1.91 bits per heavy atom. The van der Waals surface area contributed by atoms with Crippen LogP contribution in [-0.4, -0.2) is 41.9 Å². The molecule has 0 spiro atoms.